The van der Waals surface area contributed by atoms with Crippen molar-refractivity contribution >= 4 is 37.0 Å². The number of carbonyl (C=O) groups excluding carboxylic acids is 3. The highest BCUT2D eigenvalue weighted by molar-refractivity contribution is 7.92. The fourth-order valence-corrected chi connectivity index (χ4v) is 6.04. The van der Waals surface area contributed by atoms with Gasteiger partial charge in [0.05, 0.1) is 4.90 Å². The molecular weight excluding hydrogens is 548 g/mol. The molecule has 0 spiro atoms. The number of carbonyl (C=O) groups is 3. The van der Waals surface area contributed by atoms with Crippen LogP contribution in [-0.2, 0) is 19.7 Å². The van der Waals surface area contributed by atoms with Crippen molar-refractivity contribution in [1.82, 2.24) is 0 Å². The second-order valence-corrected chi connectivity index (χ2v) is 13.0. The van der Waals surface area contributed by atoms with Crippen molar-refractivity contribution in [1.29, 1.82) is 0 Å². The Labute approximate surface area is 234 Å². The maximum absolute atomic E-state index is 12.1. The molecule has 0 unspecified atom stereocenters. The summed E-state index contributed by atoms with van der Waals surface area (Å²) in [7, 11) is -7.35. The predicted octanol–water partition coefficient (Wildman–Crippen LogP) is 4.82. The monoisotopic (exact) mass is 576 g/mol. The first kappa shape index (κ1) is 30.3. The minimum absolute atomic E-state index is 0.183. The Morgan fingerprint density at radius 3 is 1.15 bits per heavy atom. The van der Waals surface area contributed by atoms with E-state index in [0.29, 0.717) is 16.7 Å². The highest BCUT2D eigenvalue weighted by Gasteiger charge is 2.22. The summed E-state index contributed by atoms with van der Waals surface area (Å²) in [6, 6.07) is 31.3. The quantitative estimate of drug-likeness (QED) is 0.248. The van der Waals surface area contributed by atoms with Crippen LogP contribution in [0.15, 0.2) is 120 Å². The number of Topliss-reactive ketones (excluding diaryl/α,β-unsaturated/α-hetero) is 3. The molecule has 0 aromatic heterocycles. The summed E-state index contributed by atoms with van der Waals surface area (Å²) >= 11 is 0. The number of ketones is 3. The van der Waals surface area contributed by atoms with Gasteiger partial charge in [-0.25, -0.2) is 16.8 Å². The third kappa shape index (κ3) is 9.21. The molecule has 40 heavy (non-hydrogen) atoms. The molecule has 4 aromatic carbocycles. The topological polar surface area (TPSA) is 119 Å². The maximum Gasteiger partial charge on any atom is 0.185 e. The van der Waals surface area contributed by atoms with Crippen LogP contribution in [0, 0.1) is 6.92 Å². The fraction of sp³-hybridized carbons (Fsp3) is 0.129. The third-order valence-corrected chi connectivity index (χ3v) is 8.73. The Morgan fingerprint density at radius 2 is 0.800 bits per heavy atom. The van der Waals surface area contributed by atoms with Crippen LogP contribution < -0.4 is 0 Å². The summed E-state index contributed by atoms with van der Waals surface area (Å²) < 4.78 is 48.1. The molecule has 0 heterocycles. The highest BCUT2D eigenvalue weighted by Crippen LogP contribution is 2.14. The van der Waals surface area contributed by atoms with Crippen molar-refractivity contribution in [3.8, 4) is 0 Å². The Bertz CT molecular complexity index is 1600. The van der Waals surface area contributed by atoms with Gasteiger partial charge in [0.2, 0.25) is 0 Å². The first-order valence-electron chi connectivity index (χ1n) is 12.2. The molecule has 0 saturated carbocycles. The van der Waals surface area contributed by atoms with Crippen molar-refractivity contribution in [2.24, 2.45) is 0 Å². The van der Waals surface area contributed by atoms with Crippen LogP contribution in [0.3, 0.4) is 0 Å². The Kier molecular flexibility index (Phi) is 10.4. The maximum atomic E-state index is 12.1. The van der Waals surface area contributed by atoms with Gasteiger partial charge < -0.3 is 0 Å². The van der Waals surface area contributed by atoms with E-state index in [9.17, 15) is 31.2 Å². The Balaban J connectivity index is 0.000000222. The molecule has 0 saturated heterocycles. The lowest BCUT2D eigenvalue weighted by atomic mass is 10.1. The lowest BCUT2D eigenvalue weighted by Gasteiger charge is -2.04. The SMILES string of the molecule is Cc1ccc(S(=O)(=O)CC(=O)c2ccccc2)cc1.O=C(CS(=O)(=O)CC(=O)c1ccccc1)c1ccccc1. The summed E-state index contributed by atoms with van der Waals surface area (Å²) in [5.41, 5.74) is 2.05. The molecule has 0 fully saturated rings. The zero-order valence-corrected chi connectivity index (χ0v) is 23.4. The predicted molar refractivity (Wildman–Crippen MR) is 154 cm³/mol. The van der Waals surface area contributed by atoms with Crippen molar-refractivity contribution < 1.29 is 31.2 Å². The first-order valence-corrected chi connectivity index (χ1v) is 15.7. The van der Waals surface area contributed by atoms with E-state index in [1.165, 1.54) is 12.1 Å². The van der Waals surface area contributed by atoms with Gasteiger partial charge in [-0.15, -0.1) is 0 Å². The van der Waals surface area contributed by atoms with Crippen LogP contribution >= 0.6 is 0 Å². The van der Waals surface area contributed by atoms with Crippen LogP contribution in [-0.4, -0.2) is 51.4 Å². The van der Waals surface area contributed by atoms with Gasteiger partial charge in [0, 0.05) is 16.7 Å². The van der Waals surface area contributed by atoms with E-state index < -0.39 is 48.5 Å². The Hall–Kier alpha value is -4.21. The fourth-order valence-electron chi connectivity index (χ4n) is 3.57. The van der Waals surface area contributed by atoms with Gasteiger partial charge in [0.15, 0.2) is 37.0 Å². The minimum atomic E-state index is -3.78. The molecule has 7 nitrogen and oxygen atoms in total. The average Bonchev–Trinajstić information content (AvgIpc) is 2.94. The lowest BCUT2D eigenvalue weighted by Crippen LogP contribution is -2.23. The Morgan fingerprint density at radius 1 is 0.475 bits per heavy atom. The molecule has 0 atom stereocenters. The molecule has 4 rings (SSSR count). The summed E-state index contributed by atoms with van der Waals surface area (Å²) in [6.07, 6.45) is 0. The van der Waals surface area contributed by atoms with Gasteiger partial charge in [-0.3, -0.25) is 14.4 Å². The highest BCUT2D eigenvalue weighted by atomic mass is 32.2. The van der Waals surface area contributed by atoms with Crippen molar-refractivity contribution in [3.05, 3.63) is 138 Å². The largest absolute Gasteiger partial charge is 0.293 e. The lowest BCUT2D eigenvalue weighted by molar-refractivity contribution is 0.100. The zero-order chi connectivity index (χ0) is 29.2. The smallest absolute Gasteiger partial charge is 0.185 e. The standard InChI is InChI=1S/C16H14O4S.C15H14O3S/c17-15(13-7-3-1-4-8-13)11-21(19,20)12-16(18)14-9-5-2-6-10-14;1-12-7-9-14(10-8-12)19(17,18)11-15(16)13-5-3-2-4-6-13/h1-10H,11-12H2;2-10H,11H2,1H3. The van der Waals surface area contributed by atoms with E-state index in [0.717, 1.165) is 5.56 Å². The molecule has 0 N–H and O–H groups in total. The van der Waals surface area contributed by atoms with Gasteiger partial charge in [0.25, 0.3) is 0 Å². The van der Waals surface area contributed by atoms with E-state index >= 15 is 0 Å². The van der Waals surface area contributed by atoms with Gasteiger partial charge >= 0.3 is 0 Å². The second kappa shape index (κ2) is 13.7. The molecule has 0 aliphatic rings. The molecule has 4 aromatic rings. The summed E-state index contributed by atoms with van der Waals surface area (Å²) in [5.74, 6) is -3.21. The first-order chi connectivity index (χ1) is 19.0. The molecule has 9 heteroatoms. The van der Waals surface area contributed by atoms with Crippen LogP contribution in [0.1, 0.15) is 36.6 Å². The van der Waals surface area contributed by atoms with E-state index in [1.54, 1.807) is 103 Å². The van der Waals surface area contributed by atoms with Gasteiger partial charge in [-0.2, -0.15) is 0 Å². The molecule has 0 aliphatic carbocycles. The van der Waals surface area contributed by atoms with Crippen LogP contribution in [0.5, 0.6) is 0 Å². The van der Waals surface area contributed by atoms with Crippen molar-refractivity contribution in [3.63, 3.8) is 0 Å². The molecule has 0 bridgehead atoms. The third-order valence-electron chi connectivity index (χ3n) is 5.69. The summed E-state index contributed by atoms with van der Waals surface area (Å²) in [4.78, 5) is 35.9. The number of hydrogen-bond donors (Lipinski definition) is 0. The number of sulfone groups is 2. The summed E-state index contributed by atoms with van der Waals surface area (Å²) in [5, 5.41) is 0. The molecule has 0 radical (unpaired) electrons. The van der Waals surface area contributed by atoms with Crippen molar-refractivity contribution in [2.45, 2.75) is 11.8 Å². The second-order valence-electron chi connectivity index (χ2n) is 8.97. The van der Waals surface area contributed by atoms with Crippen LogP contribution in [0.25, 0.3) is 0 Å². The van der Waals surface area contributed by atoms with E-state index in [-0.39, 0.29) is 10.7 Å². The molecule has 0 amide bonds. The molecule has 0 aliphatic heterocycles. The van der Waals surface area contributed by atoms with Crippen LogP contribution in [0.4, 0.5) is 0 Å². The van der Waals surface area contributed by atoms with Crippen LogP contribution in [0.2, 0.25) is 0 Å². The minimum Gasteiger partial charge on any atom is -0.293 e. The normalized spacial score (nSPS) is 11.1. The number of hydrogen-bond acceptors (Lipinski definition) is 7. The van der Waals surface area contributed by atoms with Gasteiger partial charge in [-0.1, -0.05) is 109 Å². The van der Waals surface area contributed by atoms with Gasteiger partial charge in [0.1, 0.15) is 17.3 Å². The number of benzene rings is 4. The average molecular weight is 577 g/mol. The van der Waals surface area contributed by atoms with E-state index in [1.807, 2.05) is 6.92 Å². The number of aryl methyl sites for hydroxylation is 1. The van der Waals surface area contributed by atoms with Gasteiger partial charge in [-0.05, 0) is 19.1 Å². The number of rotatable bonds is 10. The van der Waals surface area contributed by atoms with E-state index in [2.05, 4.69) is 0 Å². The van der Waals surface area contributed by atoms with Crippen molar-refractivity contribution in [2.75, 3.05) is 17.3 Å². The molecule has 206 valence electrons. The zero-order valence-electron chi connectivity index (χ0n) is 21.8. The summed E-state index contributed by atoms with van der Waals surface area (Å²) in [6.45, 7) is 1.88. The van der Waals surface area contributed by atoms with E-state index in [4.69, 9.17) is 0 Å². The molecular formula is C31H28O7S2.